The quantitative estimate of drug-likeness (QED) is 0.415. The number of amides is 1. The topological polar surface area (TPSA) is 89.8 Å². The van der Waals surface area contributed by atoms with Gasteiger partial charge in [-0.2, -0.15) is 5.10 Å². The molecule has 33 heavy (non-hydrogen) atoms. The maximum atomic E-state index is 12.9. The number of rotatable bonds is 6. The van der Waals surface area contributed by atoms with Crippen molar-refractivity contribution >= 4 is 23.8 Å². The number of nitrogens with zero attached hydrogens (tertiary/aromatic N) is 4. The lowest BCUT2D eigenvalue weighted by Gasteiger charge is -2.11. The average Bonchev–Trinajstić information content (AvgIpc) is 3.43. The molecule has 2 aromatic carbocycles. The van der Waals surface area contributed by atoms with E-state index in [2.05, 4.69) is 26.3 Å². The fourth-order valence-corrected chi connectivity index (χ4v) is 4.27. The summed E-state index contributed by atoms with van der Waals surface area (Å²) in [5.41, 5.74) is 3.46. The Bertz CT molecular complexity index is 1330. The van der Waals surface area contributed by atoms with Crippen molar-refractivity contribution in [2.24, 2.45) is 0 Å². The molecule has 9 heteroatoms. The van der Waals surface area contributed by atoms with Crippen molar-refractivity contribution in [3.05, 3.63) is 65.3 Å². The number of H-pyrrole nitrogens is 1. The van der Waals surface area contributed by atoms with Crippen LogP contribution in [0.3, 0.4) is 0 Å². The molecule has 0 fully saturated rings. The summed E-state index contributed by atoms with van der Waals surface area (Å²) < 4.78 is 9.50. The van der Waals surface area contributed by atoms with Gasteiger partial charge in [0.2, 0.25) is 5.91 Å². The van der Waals surface area contributed by atoms with Crippen LogP contribution < -0.4 is 10.1 Å². The van der Waals surface area contributed by atoms with E-state index in [9.17, 15) is 4.79 Å². The highest BCUT2D eigenvalue weighted by atomic mass is 32.1. The van der Waals surface area contributed by atoms with Gasteiger partial charge in [0.05, 0.1) is 12.8 Å². The van der Waals surface area contributed by atoms with E-state index in [0.29, 0.717) is 16.3 Å². The second-order valence-corrected chi connectivity index (χ2v) is 8.38. The van der Waals surface area contributed by atoms with Crippen LogP contribution in [0.25, 0.3) is 22.6 Å². The fraction of sp³-hybridized carbons (Fsp3) is 0.250. The Morgan fingerprint density at radius 1 is 1.18 bits per heavy atom. The summed E-state index contributed by atoms with van der Waals surface area (Å²) in [4.78, 5) is 17.6. The third-order valence-corrected chi connectivity index (χ3v) is 6.07. The first kappa shape index (κ1) is 21.1. The molecule has 2 aromatic heterocycles. The van der Waals surface area contributed by atoms with Crippen LogP contribution in [0, 0.1) is 4.77 Å². The predicted molar refractivity (Wildman–Crippen MR) is 129 cm³/mol. The van der Waals surface area contributed by atoms with Crippen LogP contribution in [0.4, 0.5) is 5.69 Å². The number of methoxy groups -OCH3 is 1. The van der Waals surface area contributed by atoms with E-state index < -0.39 is 0 Å². The lowest BCUT2D eigenvalue weighted by molar-refractivity contribution is -0.116. The predicted octanol–water partition coefficient (Wildman–Crippen LogP) is 4.45. The van der Waals surface area contributed by atoms with Crippen molar-refractivity contribution in [1.29, 1.82) is 0 Å². The summed E-state index contributed by atoms with van der Waals surface area (Å²) in [5, 5.41) is 10.1. The normalized spacial score (nSPS) is 12.9. The molecule has 1 amide bonds. The van der Waals surface area contributed by atoms with Crippen LogP contribution >= 0.6 is 12.2 Å². The molecule has 4 aromatic rings. The molecule has 1 aliphatic heterocycles. The number of anilines is 1. The van der Waals surface area contributed by atoms with Gasteiger partial charge in [0.15, 0.2) is 10.6 Å². The van der Waals surface area contributed by atoms with E-state index >= 15 is 0 Å². The Morgan fingerprint density at radius 2 is 2.03 bits per heavy atom. The van der Waals surface area contributed by atoms with Crippen LogP contribution in [0.2, 0.25) is 0 Å². The molecule has 5 rings (SSSR count). The molecule has 0 unspecified atom stereocenters. The zero-order valence-corrected chi connectivity index (χ0v) is 19.1. The van der Waals surface area contributed by atoms with Crippen molar-refractivity contribution in [1.82, 2.24) is 24.3 Å². The summed E-state index contributed by atoms with van der Waals surface area (Å²) in [7, 11) is 1.62. The highest BCUT2D eigenvalue weighted by Crippen LogP contribution is 2.25. The number of aromatic nitrogens is 5. The first-order valence-corrected chi connectivity index (χ1v) is 11.3. The molecule has 0 aliphatic carbocycles. The van der Waals surface area contributed by atoms with Gasteiger partial charge in [0.1, 0.15) is 18.1 Å². The lowest BCUT2D eigenvalue weighted by Crippen LogP contribution is -2.19. The number of aromatic amines is 1. The number of hydrogen-bond acceptors (Lipinski definition) is 5. The number of carbonyl (C=O) groups excluding carboxylic acids is 1. The minimum absolute atomic E-state index is 0.0414. The van der Waals surface area contributed by atoms with Crippen LogP contribution in [0.1, 0.15) is 18.7 Å². The SMILES string of the molecule is COc1ccc(-c2n[nH]c(=S)n2CC(=O)Nc2cccc(-c3cn4c(n3)CCCC4)c2)cc1. The van der Waals surface area contributed by atoms with Gasteiger partial charge in [-0.25, -0.2) is 4.98 Å². The number of nitrogens with one attached hydrogen (secondary N) is 2. The van der Waals surface area contributed by atoms with Gasteiger partial charge in [0.25, 0.3) is 0 Å². The smallest absolute Gasteiger partial charge is 0.244 e. The minimum Gasteiger partial charge on any atom is -0.497 e. The molecular formula is C24H24N6O2S. The Hall–Kier alpha value is -3.72. The first-order valence-electron chi connectivity index (χ1n) is 10.9. The summed E-state index contributed by atoms with van der Waals surface area (Å²) in [6, 6.07) is 15.2. The summed E-state index contributed by atoms with van der Waals surface area (Å²) >= 11 is 5.36. The molecule has 8 nitrogen and oxygen atoms in total. The van der Waals surface area contributed by atoms with Gasteiger partial charge >= 0.3 is 0 Å². The zero-order chi connectivity index (χ0) is 22.8. The largest absolute Gasteiger partial charge is 0.497 e. The van der Waals surface area contributed by atoms with Crippen molar-refractivity contribution in [3.63, 3.8) is 0 Å². The number of benzene rings is 2. The maximum Gasteiger partial charge on any atom is 0.244 e. The van der Waals surface area contributed by atoms with Crippen molar-refractivity contribution in [2.75, 3.05) is 12.4 Å². The van der Waals surface area contributed by atoms with E-state index in [1.54, 1.807) is 11.7 Å². The fourth-order valence-electron chi connectivity index (χ4n) is 4.08. The van der Waals surface area contributed by atoms with E-state index in [0.717, 1.165) is 41.4 Å². The molecular weight excluding hydrogens is 436 g/mol. The average molecular weight is 461 g/mol. The van der Waals surface area contributed by atoms with Crippen LogP contribution in [0.5, 0.6) is 5.75 Å². The van der Waals surface area contributed by atoms with Gasteiger partial charge in [-0.05, 0) is 61.5 Å². The number of fused-ring (bicyclic) bond motifs is 1. The van der Waals surface area contributed by atoms with E-state index in [1.165, 1.54) is 12.8 Å². The third-order valence-electron chi connectivity index (χ3n) is 5.76. The molecule has 168 valence electrons. The van der Waals surface area contributed by atoms with Crippen molar-refractivity contribution in [3.8, 4) is 28.4 Å². The van der Waals surface area contributed by atoms with Gasteiger partial charge in [-0.1, -0.05) is 12.1 Å². The minimum atomic E-state index is -0.191. The molecule has 1 aliphatic rings. The molecule has 0 spiro atoms. The number of hydrogen-bond donors (Lipinski definition) is 2. The molecule has 0 bridgehead atoms. The van der Waals surface area contributed by atoms with Gasteiger partial charge < -0.3 is 14.6 Å². The molecule has 0 saturated carbocycles. The molecule has 0 saturated heterocycles. The Kier molecular flexibility index (Phi) is 5.78. The number of imidazole rings is 1. The Balaban J connectivity index is 1.33. The monoisotopic (exact) mass is 460 g/mol. The van der Waals surface area contributed by atoms with Gasteiger partial charge in [-0.15, -0.1) is 0 Å². The standard InChI is InChI=1S/C24H24N6O2S/c1-32-19-10-8-16(9-11-19)23-27-28-24(33)30(23)15-22(31)25-18-6-4-5-17(13-18)20-14-29-12-3-2-7-21(29)26-20/h4-6,8-11,13-14H,2-3,7,12,15H2,1H3,(H,25,31)(H,28,33). The van der Waals surface area contributed by atoms with Crippen LogP contribution in [-0.2, 0) is 24.3 Å². The highest BCUT2D eigenvalue weighted by Gasteiger charge is 2.15. The highest BCUT2D eigenvalue weighted by molar-refractivity contribution is 7.71. The van der Waals surface area contributed by atoms with E-state index in [4.69, 9.17) is 21.9 Å². The molecule has 3 heterocycles. The third kappa shape index (κ3) is 4.45. The Morgan fingerprint density at radius 3 is 2.82 bits per heavy atom. The summed E-state index contributed by atoms with van der Waals surface area (Å²) in [5.74, 6) is 2.28. The summed E-state index contributed by atoms with van der Waals surface area (Å²) in [6.45, 7) is 1.06. The zero-order valence-electron chi connectivity index (χ0n) is 18.2. The molecule has 2 N–H and O–H groups in total. The Labute approximate surface area is 196 Å². The van der Waals surface area contributed by atoms with Crippen molar-refractivity contribution in [2.45, 2.75) is 32.4 Å². The van der Waals surface area contributed by atoms with Gasteiger partial charge in [-0.3, -0.25) is 14.5 Å². The second kappa shape index (κ2) is 9.03. The molecule has 0 atom stereocenters. The summed E-state index contributed by atoms with van der Waals surface area (Å²) in [6.07, 6.45) is 5.48. The number of carbonyl (C=O) groups is 1. The van der Waals surface area contributed by atoms with Crippen LogP contribution in [0.15, 0.2) is 54.7 Å². The molecule has 0 radical (unpaired) electrons. The number of aryl methyl sites for hydroxylation is 2. The van der Waals surface area contributed by atoms with E-state index in [1.807, 2.05) is 48.5 Å². The van der Waals surface area contributed by atoms with Crippen LogP contribution in [-0.4, -0.2) is 37.3 Å². The maximum absolute atomic E-state index is 12.9. The second-order valence-electron chi connectivity index (χ2n) is 7.99. The first-order chi connectivity index (χ1) is 16.1. The lowest BCUT2D eigenvalue weighted by atomic mass is 10.1. The van der Waals surface area contributed by atoms with E-state index in [-0.39, 0.29) is 12.5 Å². The van der Waals surface area contributed by atoms with Gasteiger partial charge in [0, 0.05) is 36.0 Å². The van der Waals surface area contributed by atoms with Crippen molar-refractivity contribution < 1.29 is 9.53 Å². The number of ether oxygens (including phenoxy) is 1.